The van der Waals surface area contributed by atoms with E-state index in [1.165, 1.54) is 18.4 Å². The van der Waals surface area contributed by atoms with Gasteiger partial charge in [-0.25, -0.2) is 0 Å². The van der Waals surface area contributed by atoms with E-state index in [0.29, 0.717) is 18.9 Å². The van der Waals surface area contributed by atoms with Crippen LogP contribution in [0.4, 0.5) is 13.2 Å². The van der Waals surface area contributed by atoms with Gasteiger partial charge in [-0.2, -0.15) is 13.2 Å². The third-order valence-electron chi connectivity index (χ3n) is 5.16. The van der Waals surface area contributed by atoms with E-state index in [-0.39, 0.29) is 37.8 Å². The smallest absolute Gasteiger partial charge is 0.317 e. The van der Waals surface area contributed by atoms with Crippen molar-refractivity contribution < 1.29 is 13.2 Å². The average molecular weight is 399 g/mol. The zero-order valence-electron chi connectivity index (χ0n) is 14.2. The van der Waals surface area contributed by atoms with Gasteiger partial charge in [-0.05, 0) is 62.4 Å². The Hall–Kier alpha value is -0.490. The number of hydrogen-bond acceptors (Lipinski definition) is 2. The standard InChI is InChI=1S/C18H25F3N2.2ClH/c19-18(20,21)17-2-1-11-23(13-17)12-14-3-5-15(6-4-14)16-7-9-22-10-8-16;;/h3-6,16-17,22H,1-2,7-13H2;2*1H. The van der Waals surface area contributed by atoms with Gasteiger partial charge in [0.1, 0.15) is 0 Å². The molecule has 0 radical (unpaired) electrons. The summed E-state index contributed by atoms with van der Waals surface area (Å²) in [6.45, 7) is 3.67. The van der Waals surface area contributed by atoms with Crippen LogP contribution in [0.2, 0.25) is 0 Å². The lowest BCUT2D eigenvalue weighted by Crippen LogP contribution is -2.41. The molecule has 1 aromatic rings. The summed E-state index contributed by atoms with van der Waals surface area (Å²) in [5.41, 5.74) is 2.48. The van der Waals surface area contributed by atoms with Gasteiger partial charge < -0.3 is 5.32 Å². The highest BCUT2D eigenvalue weighted by molar-refractivity contribution is 5.85. The molecule has 0 bridgehead atoms. The third-order valence-corrected chi connectivity index (χ3v) is 5.16. The number of nitrogens with zero attached hydrogens (tertiary/aromatic N) is 1. The number of halogens is 5. The van der Waals surface area contributed by atoms with Crippen LogP contribution in [-0.2, 0) is 6.54 Å². The van der Waals surface area contributed by atoms with Gasteiger partial charge >= 0.3 is 6.18 Å². The summed E-state index contributed by atoms with van der Waals surface area (Å²) in [6, 6.07) is 8.51. The molecular formula is C18H27Cl2F3N2. The summed E-state index contributed by atoms with van der Waals surface area (Å²) in [5, 5.41) is 3.37. The van der Waals surface area contributed by atoms with Gasteiger partial charge in [-0.15, -0.1) is 24.8 Å². The van der Waals surface area contributed by atoms with E-state index in [0.717, 1.165) is 25.2 Å². The Balaban J connectivity index is 0.00000156. The molecule has 2 fully saturated rings. The first-order chi connectivity index (χ1) is 11.0. The van der Waals surface area contributed by atoms with Crippen LogP contribution in [0.25, 0.3) is 0 Å². The summed E-state index contributed by atoms with van der Waals surface area (Å²) in [4.78, 5) is 1.95. The second kappa shape index (κ2) is 10.0. The number of alkyl halides is 3. The monoisotopic (exact) mass is 398 g/mol. The second-order valence-electron chi connectivity index (χ2n) is 6.88. The SMILES string of the molecule is Cl.Cl.FC(F)(F)C1CCCN(Cc2ccc(C3CCNCC3)cc2)C1. The topological polar surface area (TPSA) is 15.3 Å². The summed E-state index contributed by atoms with van der Waals surface area (Å²) in [7, 11) is 0. The molecule has 1 aromatic carbocycles. The number of rotatable bonds is 3. The van der Waals surface area contributed by atoms with Crippen molar-refractivity contribution in [3.05, 3.63) is 35.4 Å². The van der Waals surface area contributed by atoms with Crippen LogP contribution in [0, 0.1) is 5.92 Å². The van der Waals surface area contributed by atoms with Crippen LogP contribution in [0.1, 0.15) is 42.7 Å². The lowest BCUT2D eigenvalue weighted by Gasteiger charge is -2.33. The van der Waals surface area contributed by atoms with E-state index >= 15 is 0 Å². The van der Waals surface area contributed by atoms with E-state index in [1.807, 2.05) is 4.90 Å². The summed E-state index contributed by atoms with van der Waals surface area (Å²) in [6.07, 6.45) is -0.818. The van der Waals surface area contributed by atoms with Gasteiger partial charge in [0, 0.05) is 13.1 Å². The quantitative estimate of drug-likeness (QED) is 0.788. The largest absolute Gasteiger partial charge is 0.393 e. The van der Waals surface area contributed by atoms with E-state index in [4.69, 9.17) is 0 Å². The Morgan fingerprint density at radius 1 is 1.00 bits per heavy atom. The lowest BCUT2D eigenvalue weighted by atomic mass is 9.89. The maximum absolute atomic E-state index is 12.9. The molecule has 0 amide bonds. The fourth-order valence-corrected chi connectivity index (χ4v) is 3.77. The first-order valence-corrected chi connectivity index (χ1v) is 8.61. The Labute approximate surface area is 160 Å². The Kier molecular flexibility index (Phi) is 9.02. The molecule has 144 valence electrons. The first-order valence-electron chi connectivity index (χ1n) is 8.61. The summed E-state index contributed by atoms with van der Waals surface area (Å²) in [5.74, 6) is -0.542. The van der Waals surface area contributed by atoms with E-state index in [2.05, 4.69) is 29.6 Å². The molecule has 25 heavy (non-hydrogen) atoms. The fourth-order valence-electron chi connectivity index (χ4n) is 3.77. The molecule has 1 N–H and O–H groups in total. The Morgan fingerprint density at radius 3 is 2.24 bits per heavy atom. The van der Waals surface area contributed by atoms with Crippen molar-refractivity contribution in [1.29, 1.82) is 0 Å². The van der Waals surface area contributed by atoms with Crippen LogP contribution in [0.15, 0.2) is 24.3 Å². The van der Waals surface area contributed by atoms with Crippen molar-refractivity contribution in [2.75, 3.05) is 26.2 Å². The minimum absolute atomic E-state index is 0. The average Bonchev–Trinajstić information content (AvgIpc) is 2.56. The van der Waals surface area contributed by atoms with Crippen LogP contribution >= 0.6 is 24.8 Å². The van der Waals surface area contributed by atoms with Crippen LogP contribution in [0.3, 0.4) is 0 Å². The first kappa shape index (κ1) is 22.6. The molecule has 3 rings (SSSR count). The van der Waals surface area contributed by atoms with Crippen molar-refractivity contribution in [3.63, 3.8) is 0 Å². The highest BCUT2D eigenvalue weighted by Gasteiger charge is 2.41. The fraction of sp³-hybridized carbons (Fsp3) is 0.667. The van der Waals surface area contributed by atoms with Crippen LogP contribution < -0.4 is 5.32 Å². The van der Waals surface area contributed by atoms with E-state index in [1.54, 1.807) is 0 Å². The van der Waals surface area contributed by atoms with Gasteiger partial charge in [0.15, 0.2) is 0 Å². The molecule has 2 heterocycles. The lowest BCUT2D eigenvalue weighted by molar-refractivity contribution is -0.187. The molecular weight excluding hydrogens is 372 g/mol. The predicted molar refractivity (Wildman–Crippen MR) is 99.8 cm³/mol. The number of hydrogen-bond donors (Lipinski definition) is 1. The number of piperidine rings is 2. The molecule has 0 aromatic heterocycles. The van der Waals surface area contributed by atoms with E-state index < -0.39 is 12.1 Å². The molecule has 0 saturated carbocycles. The minimum atomic E-state index is -4.06. The molecule has 2 saturated heterocycles. The van der Waals surface area contributed by atoms with Gasteiger partial charge in [0.2, 0.25) is 0 Å². The zero-order chi connectivity index (χ0) is 16.3. The zero-order valence-corrected chi connectivity index (χ0v) is 15.9. The number of benzene rings is 1. The van der Waals surface area contributed by atoms with Gasteiger partial charge in [-0.1, -0.05) is 24.3 Å². The Bertz CT molecular complexity index is 502. The normalized spacial score (nSPS) is 22.8. The Morgan fingerprint density at radius 2 is 1.64 bits per heavy atom. The molecule has 2 aliphatic heterocycles. The number of nitrogens with one attached hydrogen (secondary N) is 1. The third kappa shape index (κ3) is 6.31. The molecule has 2 aliphatic rings. The van der Waals surface area contributed by atoms with Crippen molar-refractivity contribution >= 4 is 24.8 Å². The van der Waals surface area contributed by atoms with E-state index in [9.17, 15) is 13.2 Å². The highest BCUT2D eigenvalue weighted by Crippen LogP contribution is 2.33. The van der Waals surface area contributed by atoms with Crippen molar-refractivity contribution in [2.24, 2.45) is 5.92 Å². The van der Waals surface area contributed by atoms with Crippen molar-refractivity contribution in [1.82, 2.24) is 10.2 Å². The summed E-state index contributed by atoms with van der Waals surface area (Å²) >= 11 is 0. The van der Waals surface area contributed by atoms with Gasteiger partial charge in [0.25, 0.3) is 0 Å². The number of likely N-dealkylation sites (tertiary alicyclic amines) is 1. The maximum Gasteiger partial charge on any atom is 0.393 e. The molecule has 0 spiro atoms. The summed E-state index contributed by atoms with van der Waals surface area (Å²) < 4.78 is 38.6. The van der Waals surface area contributed by atoms with Gasteiger partial charge in [0.05, 0.1) is 5.92 Å². The maximum atomic E-state index is 12.9. The van der Waals surface area contributed by atoms with Gasteiger partial charge in [-0.3, -0.25) is 4.90 Å². The highest BCUT2D eigenvalue weighted by atomic mass is 35.5. The van der Waals surface area contributed by atoms with Crippen LogP contribution in [0.5, 0.6) is 0 Å². The predicted octanol–water partition coefficient (Wildman–Crippen LogP) is 4.77. The molecule has 1 atom stereocenters. The van der Waals surface area contributed by atoms with Crippen molar-refractivity contribution in [3.8, 4) is 0 Å². The minimum Gasteiger partial charge on any atom is -0.317 e. The second-order valence-corrected chi connectivity index (χ2v) is 6.88. The van der Waals surface area contributed by atoms with Crippen LogP contribution in [-0.4, -0.2) is 37.3 Å². The molecule has 7 heteroatoms. The molecule has 1 unspecified atom stereocenters. The van der Waals surface area contributed by atoms with Crippen molar-refractivity contribution in [2.45, 2.75) is 44.3 Å². The molecule has 0 aliphatic carbocycles. The molecule has 2 nitrogen and oxygen atoms in total.